The average Bonchev–Trinajstić information content (AvgIpc) is 2.46. The van der Waals surface area contributed by atoms with Gasteiger partial charge in [0.1, 0.15) is 0 Å². The van der Waals surface area contributed by atoms with E-state index in [0.717, 1.165) is 37.9 Å². The van der Waals surface area contributed by atoms with Crippen LogP contribution in [0.2, 0.25) is 5.02 Å². The molecule has 2 aliphatic heterocycles. The fourth-order valence-electron chi connectivity index (χ4n) is 3.15. The molecule has 2 aliphatic rings. The number of amides is 1. The molecular formula is C15H17ClN2O2. The zero-order valence-corrected chi connectivity index (χ0v) is 11.9. The maximum absolute atomic E-state index is 11.4. The van der Waals surface area contributed by atoms with E-state index in [0.29, 0.717) is 29.0 Å². The highest BCUT2D eigenvalue weighted by molar-refractivity contribution is 6.33. The van der Waals surface area contributed by atoms with Crippen LogP contribution in [0.1, 0.15) is 29.6 Å². The zero-order chi connectivity index (χ0) is 14.1. The van der Waals surface area contributed by atoms with E-state index in [-0.39, 0.29) is 5.91 Å². The molecule has 5 heteroatoms. The van der Waals surface area contributed by atoms with E-state index in [1.807, 2.05) is 12.1 Å². The Hall–Kier alpha value is -1.55. The van der Waals surface area contributed by atoms with Crippen LogP contribution in [0.5, 0.6) is 0 Å². The van der Waals surface area contributed by atoms with Gasteiger partial charge in [-0.15, -0.1) is 0 Å². The summed E-state index contributed by atoms with van der Waals surface area (Å²) in [7, 11) is 0. The molecule has 3 rings (SSSR count). The van der Waals surface area contributed by atoms with Crippen LogP contribution in [0.25, 0.3) is 0 Å². The second-order valence-corrected chi connectivity index (χ2v) is 5.94. The van der Waals surface area contributed by atoms with Gasteiger partial charge in [-0.3, -0.25) is 9.59 Å². The summed E-state index contributed by atoms with van der Waals surface area (Å²) in [6.45, 7) is 1.83. The number of hydrogen-bond acceptors (Lipinski definition) is 3. The molecule has 0 aromatic heterocycles. The van der Waals surface area contributed by atoms with Crippen molar-refractivity contribution in [3.05, 3.63) is 28.8 Å². The van der Waals surface area contributed by atoms with Gasteiger partial charge in [-0.05, 0) is 37.0 Å². The minimum Gasteiger partial charge on any atom is -0.371 e. The quantitative estimate of drug-likeness (QED) is 0.851. The van der Waals surface area contributed by atoms with Crippen molar-refractivity contribution in [3.63, 3.8) is 0 Å². The molecule has 2 fully saturated rings. The van der Waals surface area contributed by atoms with Gasteiger partial charge in [-0.1, -0.05) is 11.6 Å². The Kier molecular flexibility index (Phi) is 3.66. The zero-order valence-electron chi connectivity index (χ0n) is 11.1. The molecule has 4 nitrogen and oxygen atoms in total. The molecule has 0 saturated carbocycles. The molecular weight excluding hydrogens is 276 g/mol. The maximum Gasteiger partial charge on any atom is 0.220 e. The van der Waals surface area contributed by atoms with E-state index in [2.05, 4.69) is 10.2 Å². The van der Waals surface area contributed by atoms with Crippen molar-refractivity contribution in [2.24, 2.45) is 5.92 Å². The molecule has 20 heavy (non-hydrogen) atoms. The Morgan fingerprint density at radius 1 is 1.35 bits per heavy atom. The van der Waals surface area contributed by atoms with Crippen molar-refractivity contribution in [1.29, 1.82) is 0 Å². The second kappa shape index (κ2) is 5.44. The van der Waals surface area contributed by atoms with E-state index in [1.165, 1.54) is 0 Å². The summed E-state index contributed by atoms with van der Waals surface area (Å²) in [5, 5.41) is 3.58. The normalized spacial score (nSPS) is 25.9. The first kappa shape index (κ1) is 13.4. The second-order valence-electron chi connectivity index (χ2n) is 5.53. The summed E-state index contributed by atoms with van der Waals surface area (Å²) < 4.78 is 0. The van der Waals surface area contributed by atoms with Crippen molar-refractivity contribution in [2.75, 3.05) is 18.0 Å². The van der Waals surface area contributed by atoms with Crippen LogP contribution in [0.15, 0.2) is 18.2 Å². The molecule has 2 heterocycles. The Bertz CT molecular complexity index is 547. The summed E-state index contributed by atoms with van der Waals surface area (Å²) in [5.41, 5.74) is 1.58. The molecule has 0 spiro atoms. The summed E-state index contributed by atoms with van der Waals surface area (Å²) in [6, 6.07) is 5.88. The lowest BCUT2D eigenvalue weighted by molar-refractivity contribution is -0.124. The fraction of sp³-hybridized carbons (Fsp3) is 0.467. The van der Waals surface area contributed by atoms with Crippen LogP contribution in [-0.2, 0) is 4.79 Å². The molecule has 0 bridgehead atoms. The van der Waals surface area contributed by atoms with E-state index < -0.39 is 0 Å². The summed E-state index contributed by atoms with van der Waals surface area (Å²) >= 11 is 6.09. The van der Waals surface area contributed by atoms with Gasteiger partial charge >= 0.3 is 0 Å². The Morgan fingerprint density at radius 3 is 2.95 bits per heavy atom. The summed E-state index contributed by atoms with van der Waals surface area (Å²) in [6.07, 6.45) is 3.31. The minimum atomic E-state index is 0.179. The van der Waals surface area contributed by atoms with Gasteiger partial charge in [0.25, 0.3) is 0 Å². The highest BCUT2D eigenvalue weighted by Gasteiger charge is 2.33. The van der Waals surface area contributed by atoms with Gasteiger partial charge in [0.2, 0.25) is 5.91 Å². The van der Waals surface area contributed by atoms with E-state index >= 15 is 0 Å². The number of anilines is 1. The van der Waals surface area contributed by atoms with Crippen LogP contribution >= 0.6 is 11.6 Å². The number of nitrogens with zero attached hydrogens (tertiary/aromatic N) is 1. The number of halogens is 1. The third-order valence-corrected chi connectivity index (χ3v) is 4.63. The van der Waals surface area contributed by atoms with Crippen molar-refractivity contribution in [1.82, 2.24) is 5.32 Å². The van der Waals surface area contributed by atoms with Crippen molar-refractivity contribution in [2.45, 2.75) is 25.3 Å². The molecule has 0 radical (unpaired) electrons. The van der Waals surface area contributed by atoms with Gasteiger partial charge in [0.05, 0.1) is 5.02 Å². The number of carbonyl (C=O) groups is 2. The third-order valence-electron chi connectivity index (χ3n) is 4.30. The predicted molar refractivity (Wildman–Crippen MR) is 78.3 cm³/mol. The molecule has 2 unspecified atom stereocenters. The first-order chi connectivity index (χ1) is 9.67. The van der Waals surface area contributed by atoms with Gasteiger partial charge < -0.3 is 10.2 Å². The number of rotatable bonds is 2. The smallest absolute Gasteiger partial charge is 0.220 e. The SMILES string of the molecule is O=Cc1ccc(N2CCC3NC(=O)CCC3C2)cc1Cl. The number of fused-ring (bicyclic) bond motifs is 1. The number of aldehydes is 1. The lowest BCUT2D eigenvalue weighted by atomic mass is 9.85. The molecule has 2 atom stereocenters. The highest BCUT2D eigenvalue weighted by atomic mass is 35.5. The van der Waals surface area contributed by atoms with Gasteiger partial charge in [0.15, 0.2) is 6.29 Å². The molecule has 1 aromatic rings. The third kappa shape index (κ3) is 2.52. The van der Waals surface area contributed by atoms with E-state index in [4.69, 9.17) is 11.6 Å². The van der Waals surface area contributed by atoms with Crippen LogP contribution in [0.4, 0.5) is 5.69 Å². The Morgan fingerprint density at radius 2 is 2.20 bits per heavy atom. The predicted octanol–water partition coefficient (Wildman–Crippen LogP) is 2.26. The molecule has 1 amide bonds. The fourth-order valence-corrected chi connectivity index (χ4v) is 3.37. The van der Waals surface area contributed by atoms with Crippen molar-refractivity contribution < 1.29 is 9.59 Å². The number of nitrogens with one attached hydrogen (secondary N) is 1. The van der Waals surface area contributed by atoms with Crippen molar-refractivity contribution >= 4 is 29.5 Å². The Labute approximate surface area is 123 Å². The monoisotopic (exact) mass is 292 g/mol. The standard InChI is InChI=1S/C15H17ClN2O2/c16-13-7-12(3-1-11(13)9-19)18-6-5-14-10(8-18)2-4-15(20)17-14/h1,3,7,9-10,14H,2,4-6,8H2,(H,17,20). The first-order valence-electron chi connectivity index (χ1n) is 6.96. The van der Waals surface area contributed by atoms with Crippen LogP contribution < -0.4 is 10.2 Å². The molecule has 106 valence electrons. The largest absolute Gasteiger partial charge is 0.371 e. The van der Waals surface area contributed by atoms with Gasteiger partial charge in [-0.25, -0.2) is 0 Å². The summed E-state index contributed by atoms with van der Waals surface area (Å²) in [5.74, 6) is 0.684. The molecule has 1 N–H and O–H groups in total. The number of carbonyl (C=O) groups excluding carboxylic acids is 2. The lowest BCUT2D eigenvalue weighted by Gasteiger charge is -2.42. The van der Waals surface area contributed by atoms with Crippen LogP contribution in [0.3, 0.4) is 0 Å². The first-order valence-corrected chi connectivity index (χ1v) is 7.34. The van der Waals surface area contributed by atoms with Crippen LogP contribution in [-0.4, -0.2) is 31.3 Å². The molecule has 1 aromatic carbocycles. The number of piperidine rings is 2. The number of hydrogen-bond donors (Lipinski definition) is 1. The van der Waals surface area contributed by atoms with Gasteiger partial charge in [-0.2, -0.15) is 0 Å². The van der Waals surface area contributed by atoms with Gasteiger partial charge in [0, 0.05) is 36.8 Å². The van der Waals surface area contributed by atoms with E-state index in [9.17, 15) is 9.59 Å². The summed E-state index contributed by atoms with van der Waals surface area (Å²) in [4.78, 5) is 24.5. The lowest BCUT2D eigenvalue weighted by Crippen LogP contribution is -2.54. The van der Waals surface area contributed by atoms with E-state index in [1.54, 1.807) is 6.07 Å². The minimum absolute atomic E-state index is 0.179. The highest BCUT2D eigenvalue weighted by Crippen LogP contribution is 2.30. The molecule has 2 saturated heterocycles. The number of benzene rings is 1. The topological polar surface area (TPSA) is 49.4 Å². The molecule has 0 aliphatic carbocycles. The Balaban J connectivity index is 1.74. The average molecular weight is 293 g/mol. The van der Waals surface area contributed by atoms with Crippen LogP contribution in [0, 0.1) is 5.92 Å². The maximum atomic E-state index is 11.4. The van der Waals surface area contributed by atoms with Crippen molar-refractivity contribution in [3.8, 4) is 0 Å².